The minimum Gasteiger partial charge on any atom is -0.377 e. The lowest BCUT2D eigenvalue weighted by molar-refractivity contribution is -0.00461. The van der Waals surface area contributed by atoms with Crippen molar-refractivity contribution in [2.45, 2.75) is 31.2 Å². The number of ether oxygens (including phenoxy) is 3. The molecule has 0 aromatic carbocycles. The van der Waals surface area contributed by atoms with Crippen molar-refractivity contribution in [3.8, 4) is 0 Å². The van der Waals surface area contributed by atoms with Gasteiger partial charge in [0.05, 0.1) is 24.9 Å². The Labute approximate surface area is 110 Å². The van der Waals surface area contributed by atoms with E-state index in [1.54, 1.807) is 14.2 Å². The Bertz CT molecular complexity index is 222. The number of likely N-dealkylation sites (tertiary alicyclic amines) is 1. The number of nitrogens with one attached hydrogen (secondary N) is 1. The average molecular weight is 258 g/mol. The van der Waals surface area contributed by atoms with Gasteiger partial charge >= 0.3 is 0 Å². The monoisotopic (exact) mass is 258 g/mol. The zero-order valence-electron chi connectivity index (χ0n) is 11.6. The van der Waals surface area contributed by atoms with E-state index in [0.29, 0.717) is 6.10 Å². The zero-order chi connectivity index (χ0) is 12.8. The van der Waals surface area contributed by atoms with Gasteiger partial charge in [-0.25, -0.2) is 0 Å². The molecule has 0 aromatic heterocycles. The number of methoxy groups -OCH3 is 2. The lowest BCUT2D eigenvalue weighted by Gasteiger charge is -2.24. The van der Waals surface area contributed by atoms with E-state index in [4.69, 9.17) is 14.2 Å². The molecule has 0 aliphatic carbocycles. The first-order valence-corrected chi connectivity index (χ1v) is 6.93. The lowest BCUT2D eigenvalue weighted by atomic mass is 10.1. The van der Waals surface area contributed by atoms with Crippen LogP contribution >= 0.6 is 0 Å². The summed E-state index contributed by atoms with van der Waals surface area (Å²) in [6, 6.07) is 0. The predicted molar refractivity (Wildman–Crippen MR) is 69.9 cm³/mol. The van der Waals surface area contributed by atoms with Crippen LogP contribution in [0.25, 0.3) is 0 Å². The maximum atomic E-state index is 5.92. The van der Waals surface area contributed by atoms with Crippen LogP contribution in [-0.2, 0) is 14.2 Å². The van der Waals surface area contributed by atoms with Crippen molar-refractivity contribution < 1.29 is 14.2 Å². The van der Waals surface area contributed by atoms with E-state index in [0.717, 1.165) is 52.2 Å². The van der Waals surface area contributed by atoms with Crippen LogP contribution in [0.15, 0.2) is 0 Å². The van der Waals surface area contributed by atoms with Crippen molar-refractivity contribution in [2.24, 2.45) is 0 Å². The SMILES string of the molecule is COC1CN(CCOC2CCNCC2)CC1OC. The summed E-state index contributed by atoms with van der Waals surface area (Å²) in [4.78, 5) is 2.36. The second-order valence-electron chi connectivity index (χ2n) is 5.13. The maximum Gasteiger partial charge on any atom is 0.0971 e. The molecule has 0 radical (unpaired) electrons. The zero-order valence-corrected chi connectivity index (χ0v) is 11.6. The highest BCUT2D eigenvalue weighted by Gasteiger charge is 2.32. The minimum absolute atomic E-state index is 0.203. The standard InChI is InChI=1S/C13H26N2O3/c1-16-12-9-15(10-13(12)17-2)7-8-18-11-3-5-14-6-4-11/h11-14H,3-10H2,1-2H3. The molecule has 2 atom stereocenters. The van der Waals surface area contributed by atoms with Crippen LogP contribution in [0, 0.1) is 0 Å². The lowest BCUT2D eigenvalue weighted by Crippen LogP contribution is -2.34. The molecule has 2 heterocycles. The Morgan fingerprint density at radius 2 is 1.67 bits per heavy atom. The van der Waals surface area contributed by atoms with Gasteiger partial charge in [-0.05, 0) is 25.9 Å². The van der Waals surface area contributed by atoms with Crippen LogP contribution in [-0.4, -0.2) is 76.8 Å². The third kappa shape index (κ3) is 3.90. The molecular weight excluding hydrogens is 232 g/mol. The van der Waals surface area contributed by atoms with Gasteiger partial charge in [0.1, 0.15) is 0 Å². The van der Waals surface area contributed by atoms with Crippen molar-refractivity contribution in [1.82, 2.24) is 10.2 Å². The van der Waals surface area contributed by atoms with Gasteiger partial charge in [0.15, 0.2) is 0 Å². The molecule has 2 saturated heterocycles. The fraction of sp³-hybridized carbons (Fsp3) is 1.00. The Hall–Kier alpha value is -0.200. The highest BCUT2D eigenvalue weighted by molar-refractivity contribution is 4.85. The Balaban J connectivity index is 1.62. The molecule has 2 unspecified atom stereocenters. The van der Waals surface area contributed by atoms with E-state index in [9.17, 15) is 0 Å². The van der Waals surface area contributed by atoms with Gasteiger partial charge in [0, 0.05) is 33.9 Å². The number of hydrogen-bond acceptors (Lipinski definition) is 5. The van der Waals surface area contributed by atoms with E-state index in [1.807, 2.05) is 0 Å². The summed E-state index contributed by atoms with van der Waals surface area (Å²) in [5.41, 5.74) is 0. The van der Waals surface area contributed by atoms with Crippen LogP contribution in [0.5, 0.6) is 0 Å². The van der Waals surface area contributed by atoms with E-state index in [-0.39, 0.29) is 12.2 Å². The topological polar surface area (TPSA) is 43.0 Å². The number of hydrogen-bond donors (Lipinski definition) is 1. The van der Waals surface area contributed by atoms with Gasteiger partial charge in [0.25, 0.3) is 0 Å². The first-order chi connectivity index (χ1) is 8.83. The van der Waals surface area contributed by atoms with E-state index < -0.39 is 0 Å². The first kappa shape index (κ1) is 14.2. The Morgan fingerprint density at radius 3 is 2.22 bits per heavy atom. The molecule has 106 valence electrons. The third-order valence-electron chi connectivity index (χ3n) is 3.94. The number of rotatable bonds is 6. The molecule has 0 bridgehead atoms. The molecule has 2 rings (SSSR count). The molecule has 0 spiro atoms. The molecular formula is C13H26N2O3. The maximum absolute atomic E-state index is 5.92. The molecule has 18 heavy (non-hydrogen) atoms. The predicted octanol–water partition coefficient (Wildman–Crippen LogP) is 0.101. The molecule has 5 nitrogen and oxygen atoms in total. The van der Waals surface area contributed by atoms with Crippen LogP contribution in [0.2, 0.25) is 0 Å². The number of piperidine rings is 1. The van der Waals surface area contributed by atoms with Crippen molar-refractivity contribution in [1.29, 1.82) is 0 Å². The molecule has 0 aromatic rings. The molecule has 2 aliphatic rings. The van der Waals surface area contributed by atoms with Gasteiger partial charge in [-0.2, -0.15) is 0 Å². The summed E-state index contributed by atoms with van der Waals surface area (Å²) in [6.45, 7) is 5.87. The van der Waals surface area contributed by atoms with E-state index >= 15 is 0 Å². The van der Waals surface area contributed by atoms with Crippen molar-refractivity contribution in [3.63, 3.8) is 0 Å². The second kappa shape index (κ2) is 7.40. The average Bonchev–Trinajstić information content (AvgIpc) is 2.82. The van der Waals surface area contributed by atoms with Gasteiger partial charge in [-0.1, -0.05) is 0 Å². The van der Waals surface area contributed by atoms with Crippen molar-refractivity contribution >= 4 is 0 Å². The summed E-state index contributed by atoms with van der Waals surface area (Å²) < 4.78 is 16.8. The van der Waals surface area contributed by atoms with Crippen LogP contribution < -0.4 is 5.32 Å². The smallest absolute Gasteiger partial charge is 0.0971 e. The molecule has 2 fully saturated rings. The van der Waals surface area contributed by atoms with Crippen LogP contribution in [0.1, 0.15) is 12.8 Å². The van der Waals surface area contributed by atoms with Crippen LogP contribution in [0.3, 0.4) is 0 Å². The molecule has 2 aliphatic heterocycles. The third-order valence-corrected chi connectivity index (χ3v) is 3.94. The summed E-state index contributed by atoms with van der Waals surface area (Å²) in [7, 11) is 3.51. The van der Waals surface area contributed by atoms with E-state index in [2.05, 4.69) is 10.2 Å². The van der Waals surface area contributed by atoms with E-state index in [1.165, 1.54) is 0 Å². The van der Waals surface area contributed by atoms with Gasteiger partial charge in [-0.3, -0.25) is 4.90 Å². The van der Waals surface area contributed by atoms with Crippen LogP contribution in [0.4, 0.5) is 0 Å². The quantitative estimate of drug-likeness (QED) is 0.732. The molecule has 1 N–H and O–H groups in total. The fourth-order valence-corrected chi connectivity index (χ4v) is 2.76. The summed E-state index contributed by atoms with van der Waals surface area (Å²) in [5, 5.41) is 3.35. The highest BCUT2D eigenvalue weighted by Crippen LogP contribution is 2.15. The summed E-state index contributed by atoms with van der Waals surface area (Å²) >= 11 is 0. The first-order valence-electron chi connectivity index (χ1n) is 6.93. The second-order valence-corrected chi connectivity index (χ2v) is 5.13. The highest BCUT2D eigenvalue weighted by atomic mass is 16.5. The molecule has 5 heteroatoms. The van der Waals surface area contributed by atoms with Gasteiger partial charge < -0.3 is 19.5 Å². The Morgan fingerprint density at radius 1 is 1.06 bits per heavy atom. The summed E-state index contributed by atoms with van der Waals surface area (Å²) in [5.74, 6) is 0. The minimum atomic E-state index is 0.203. The van der Waals surface area contributed by atoms with Crippen molar-refractivity contribution in [3.05, 3.63) is 0 Å². The van der Waals surface area contributed by atoms with Crippen molar-refractivity contribution in [2.75, 3.05) is 53.6 Å². The normalized spacial score (nSPS) is 31.0. The van der Waals surface area contributed by atoms with Gasteiger partial charge in [-0.15, -0.1) is 0 Å². The summed E-state index contributed by atoms with van der Waals surface area (Å²) in [6.07, 6.45) is 3.14. The molecule has 0 amide bonds. The number of nitrogens with zero attached hydrogens (tertiary/aromatic N) is 1. The fourth-order valence-electron chi connectivity index (χ4n) is 2.76. The molecule has 0 saturated carbocycles. The van der Waals surface area contributed by atoms with Gasteiger partial charge in [0.2, 0.25) is 0 Å². The largest absolute Gasteiger partial charge is 0.377 e. The Kier molecular flexibility index (Phi) is 5.85.